The molecule has 2 heterocycles. The van der Waals surface area contributed by atoms with Crippen LogP contribution in [-0.2, 0) is 6.42 Å². The van der Waals surface area contributed by atoms with Gasteiger partial charge in [-0.1, -0.05) is 62.9 Å². The summed E-state index contributed by atoms with van der Waals surface area (Å²) >= 11 is 0. The van der Waals surface area contributed by atoms with E-state index in [-0.39, 0.29) is 0 Å². The van der Waals surface area contributed by atoms with Gasteiger partial charge < -0.3 is 15.5 Å². The normalized spacial score (nSPS) is 15.0. The number of likely N-dealkylation sites (tertiary alicyclic amines) is 1. The Balaban J connectivity index is 0.00000141. The topological polar surface area (TPSA) is 51.4 Å². The summed E-state index contributed by atoms with van der Waals surface area (Å²) in [5, 5.41) is 6.72. The number of hydrazine groups is 1. The highest BCUT2D eigenvalue weighted by Crippen LogP contribution is 2.23. The van der Waals surface area contributed by atoms with Crippen LogP contribution in [0.5, 0.6) is 0 Å². The molecule has 1 fully saturated rings. The van der Waals surface area contributed by atoms with Gasteiger partial charge in [-0.3, -0.25) is 10.9 Å². The minimum Gasteiger partial charge on any atom is -0.342 e. The van der Waals surface area contributed by atoms with Crippen molar-refractivity contribution in [1.82, 2.24) is 15.8 Å². The van der Waals surface area contributed by atoms with Gasteiger partial charge in [0.25, 0.3) is 0 Å². The van der Waals surface area contributed by atoms with Gasteiger partial charge in [0.1, 0.15) is 11.5 Å². The molecule has 0 spiro atoms. The minimum atomic E-state index is 0.732. The van der Waals surface area contributed by atoms with E-state index in [2.05, 4.69) is 63.0 Å². The van der Waals surface area contributed by atoms with Crippen LogP contribution < -0.4 is 21.5 Å². The van der Waals surface area contributed by atoms with E-state index in [4.69, 9.17) is 0 Å². The Labute approximate surface area is 193 Å². The van der Waals surface area contributed by atoms with Gasteiger partial charge >= 0.3 is 0 Å². The first-order valence-corrected chi connectivity index (χ1v) is 11.9. The molecular formula is C27H37N5. The van der Waals surface area contributed by atoms with Gasteiger partial charge in [0, 0.05) is 16.9 Å². The van der Waals surface area contributed by atoms with Gasteiger partial charge in [0.15, 0.2) is 0 Å². The number of nitrogens with zero attached hydrogens (tertiary/aromatic N) is 1. The summed E-state index contributed by atoms with van der Waals surface area (Å²) in [5.74, 6) is 0.732. The van der Waals surface area contributed by atoms with Crippen LogP contribution in [0.15, 0.2) is 72.9 Å². The molecule has 2 aliphatic heterocycles. The fraction of sp³-hybridized carbons (Fsp3) is 0.370. The summed E-state index contributed by atoms with van der Waals surface area (Å²) in [5.41, 5.74) is 14.5. The molecule has 0 unspecified atom stereocenters. The van der Waals surface area contributed by atoms with Crippen LogP contribution in [0.4, 0.5) is 11.4 Å². The molecule has 5 heteroatoms. The molecule has 0 radical (unpaired) electrons. The van der Waals surface area contributed by atoms with E-state index >= 15 is 0 Å². The molecule has 0 aromatic heterocycles. The summed E-state index contributed by atoms with van der Waals surface area (Å²) < 4.78 is 0. The monoisotopic (exact) mass is 431 g/mol. The van der Waals surface area contributed by atoms with Crippen molar-refractivity contribution in [3.63, 3.8) is 0 Å². The minimum absolute atomic E-state index is 0.732. The molecule has 5 nitrogen and oxygen atoms in total. The van der Waals surface area contributed by atoms with Gasteiger partial charge in [0.2, 0.25) is 0 Å². The van der Waals surface area contributed by atoms with Crippen molar-refractivity contribution in [1.29, 1.82) is 0 Å². The second kappa shape index (κ2) is 12.7. The third-order valence-corrected chi connectivity index (χ3v) is 5.61. The SMILES string of the molecule is C=C(Nc1ccc(CCCN2CCCCC2)cc1)Nc1ccccc1C1=C=CNN1.CC. The van der Waals surface area contributed by atoms with E-state index < -0.39 is 0 Å². The standard InChI is InChI=1S/C25H31N5.C2H6/c1-20(28-24-10-4-3-9-23(24)25-15-16-26-29-25)27-22-13-11-21(12-14-22)8-7-19-30-17-5-2-6-18-30;1-2/h3-4,9-14,16,26-29H,1-2,5-8,17-19H2;1-2H3. The number of rotatable bonds is 9. The summed E-state index contributed by atoms with van der Waals surface area (Å²) in [6, 6.07) is 16.8. The highest BCUT2D eigenvalue weighted by molar-refractivity contribution is 5.76. The maximum absolute atomic E-state index is 4.14. The predicted octanol–water partition coefficient (Wildman–Crippen LogP) is 5.69. The average molecular weight is 432 g/mol. The zero-order valence-electron chi connectivity index (χ0n) is 19.5. The molecule has 4 N–H and O–H groups in total. The van der Waals surface area contributed by atoms with E-state index in [1.807, 2.05) is 38.1 Å². The lowest BCUT2D eigenvalue weighted by molar-refractivity contribution is 0.226. The molecule has 170 valence electrons. The number of hydrogen-bond donors (Lipinski definition) is 4. The summed E-state index contributed by atoms with van der Waals surface area (Å²) in [6.45, 7) is 11.9. The molecule has 0 amide bonds. The van der Waals surface area contributed by atoms with Crippen molar-refractivity contribution >= 4 is 17.1 Å². The maximum Gasteiger partial charge on any atom is 0.107 e. The third-order valence-electron chi connectivity index (χ3n) is 5.61. The van der Waals surface area contributed by atoms with Crippen molar-refractivity contribution in [2.45, 2.75) is 46.0 Å². The van der Waals surface area contributed by atoms with Crippen LogP contribution in [0.1, 0.15) is 50.7 Å². The van der Waals surface area contributed by atoms with Gasteiger partial charge in [0.05, 0.1) is 6.20 Å². The Kier molecular flexibility index (Phi) is 9.30. The van der Waals surface area contributed by atoms with E-state index in [0.29, 0.717) is 0 Å². The van der Waals surface area contributed by atoms with E-state index in [1.165, 1.54) is 50.9 Å². The Morgan fingerprint density at radius 3 is 2.47 bits per heavy atom. The lowest BCUT2D eigenvalue weighted by Gasteiger charge is -2.26. The van der Waals surface area contributed by atoms with Crippen LogP contribution in [0.25, 0.3) is 5.70 Å². The summed E-state index contributed by atoms with van der Waals surface area (Å²) in [6.07, 6.45) is 8.25. The fourth-order valence-corrected chi connectivity index (χ4v) is 4.02. The molecule has 0 bridgehead atoms. The highest BCUT2D eigenvalue weighted by atomic mass is 15.4. The smallest absolute Gasteiger partial charge is 0.107 e. The van der Waals surface area contributed by atoms with Crippen molar-refractivity contribution < 1.29 is 0 Å². The number of aryl methyl sites for hydroxylation is 1. The van der Waals surface area contributed by atoms with E-state index in [9.17, 15) is 0 Å². The molecular weight excluding hydrogens is 394 g/mol. The summed E-state index contributed by atoms with van der Waals surface area (Å²) in [4.78, 5) is 2.61. The van der Waals surface area contributed by atoms with Crippen LogP contribution >= 0.6 is 0 Å². The number of anilines is 2. The Morgan fingerprint density at radius 2 is 1.75 bits per heavy atom. The average Bonchev–Trinajstić information content (AvgIpc) is 3.37. The fourth-order valence-electron chi connectivity index (χ4n) is 4.02. The lowest BCUT2D eigenvalue weighted by atomic mass is 10.1. The van der Waals surface area contributed by atoms with E-state index in [0.717, 1.165) is 34.9 Å². The molecule has 2 aliphatic rings. The van der Waals surface area contributed by atoms with Crippen molar-refractivity contribution in [2.75, 3.05) is 30.3 Å². The zero-order valence-corrected chi connectivity index (χ0v) is 19.5. The lowest BCUT2D eigenvalue weighted by Crippen LogP contribution is -2.30. The van der Waals surface area contributed by atoms with E-state index in [1.54, 1.807) is 6.20 Å². The number of hydrogen-bond acceptors (Lipinski definition) is 5. The highest BCUT2D eigenvalue weighted by Gasteiger charge is 2.10. The first kappa shape index (κ1) is 23.5. The first-order valence-electron chi connectivity index (χ1n) is 11.9. The number of para-hydroxylation sites is 1. The van der Waals surface area contributed by atoms with Crippen LogP contribution in [0, 0.1) is 0 Å². The molecule has 0 atom stereocenters. The van der Waals surface area contributed by atoms with Gasteiger partial charge in [-0.25, -0.2) is 0 Å². The Bertz CT molecular complexity index is 919. The second-order valence-electron chi connectivity index (χ2n) is 7.91. The van der Waals surface area contributed by atoms with Crippen molar-refractivity contribution in [3.05, 3.63) is 84.0 Å². The predicted molar refractivity (Wildman–Crippen MR) is 137 cm³/mol. The Hall–Kier alpha value is -3.14. The molecule has 2 aromatic carbocycles. The third kappa shape index (κ3) is 6.94. The van der Waals surface area contributed by atoms with Gasteiger partial charge in [-0.15, -0.1) is 0 Å². The molecule has 0 aliphatic carbocycles. The molecule has 1 saturated heterocycles. The number of benzene rings is 2. The largest absolute Gasteiger partial charge is 0.342 e. The van der Waals surface area contributed by atoms with Gasteiger partial charge in [-0.05, 0) is 69.1 Å². The quantitative estimate of drug-likeness (QED) is 0.385. The molecule has 4 rings (SSSR count). The van der Waals surface area contributed by atoms with Gasteiger partial charge in [-0.2, -0.15) is 0 Å². The summed E-state index contributed by atoms with van der Waals surface area (Å²) in [7, 11) is 0. The van der Waals surface area contributed by atoms with Crippen LogP contribution in [0.2, 0.25) is 0 Å². The second-order valence-corrected chi connectivity index (χ2v) is 7.91. The Morgan fingerprint density at radius 1 is 1.00 bits per heavy atom. The van der Waals surface area contributed by atoms with Crippen molar-refractivity contribution in [3.8, 4) is 0 Å². The first-order chi connectivity index (χ1) is 15.8. The molecule has 32 heavy (non-hydrogen) atoms. The molecule has 0 saturated carbocycles. The van der Waals surface area contributed by atoms with Crippen molar-refractivity contribution in [2.24, 2.45) is 0 Å². The van der Waals surface area contributed by atoms with Crippen LogP contribution in [0.3, 0.4) is 0 Å². The van der Waals surface area contributed by atoms with Crippen LogP contribution in [-0.4, -0.2) is 24.5 Å². The number of piperidine rings is 1. The number of nitrogens with one attached hydrogen (secondary N) is 4. The zero-order chi connectivity index (χ0) is 22.6. The maximum atomic E-state index is 4.14. The molecule has 2 aromatic rings.